The van der Waals surface area contributed by atoms with Crippen LogP contribution >= 0.6 is 15.9 Å². The minimum absolute atomic E-state index is 0.0770. The number of carbonyl (C=O) groups is 1. The Labute approximate surface area is 93.6 Å². The lowest BCUT2D eigenvalue weighted by Crippen LogP contribution is -2.33. The quantitative estimate of drug-likeness (QED) is 0.751. The number of carbonyl (C=O) groups excluding carboxylic acids is 1. The monoisotopic (exact) mass is 277 g/mol. The topological polar surface area (TPSA) is 83.6 Å². The number of hydrogen-bond donors (Lipinski definition) is 3. The van der Waals surface area contributed by atoms with E-state index in [2.05, 4.69) is 15.9 Å². The van der Waals surface area contributed by atoms with Gasteiger partial charge in [-0.15, -0.1) is 0 Å². The lowest BCUT2D eigenvalue weighted by atomic mass is 10.0. The predicted molar refractivity (Wildman–Crippen MR) is 54.3 cm³/mol. The van der Waals surface area contributed by atoms with Gasteiger partial charge in [-0.3, -0.25) is 4.79 Å². The summed E-state index contributed by atoms with van der Waals surface area (Å²) in [7, 11) is 0. The number of aliphatic hydroxyl groups is 2. The Morgan fingerprint density at radius 3 is 2.47 bits per heavy atom. The minimum atomic E-state index is -1.75. The van der Waals surface area contributed by atoms with Crippen molar-refractivity contribution in [1.82, 2.24) is 0 Å². The molecule has 1 aromatic rings. The van der Waals surface area contributed by atoms with Gasteiger partial charge in [0.15, 0.2) is 6.10 Å². The van der Waals surface area contributed by atoms with Gasteiger partial charge in [0.2, 0.25) is 5.91 Å². The van der Waals surface area contributed by atoms with Crippen molar-refractivity contribution in [2.24, 2.45) is 5.73 Å². The smallest absolute Gasteiger partial charge is 0.249 e. The summed E-state index contributed by atoms with van der Waals surface area (Å²) in [4.78, 5) is 10.6. The molecule has 0 radical (unpaired) electrons. The Hall–Kier alpha value is -0.980. The SMILES string of the molecule is NC(=O)C(O)C(O)c1cc(F)cc(Br)c1. The molecular formula is C9H9BrFNO3. The van der Waals surface area contributed by atoms with Gasteiger partial charge in [-0.2, -0.15) is 0 Å². The van der Waals surface area contributed by atoms with Crippen molar-refractivity contribution in [2.45, 2.75) is 12.2 Å². The maximum atomic E-state index is 12.9. The third-order valence-electron chi connectivity index (χ3n) is 1.82. The van der Waals surface area contributed by atoms with E-state index in [9.17, 15) is 14.3 Å². The Balaban J connectivity index is 3.00. The van der Waals surface area contributed by atoms with Crippen LogP contribution in [0.25, 0.3) is 0 Å². The number of rotatable bonds is 3. The van der Waals surface area contributed by atoms with E-state index in [0.717, 1.165) is 6.07 Å². The van der Waals surface area contributed by atoms with Crippen molar-refractivity contribution in [3.8, 4) is 0 Å². The number of aliphatic hydroxyl groups excluding tert-OH is 2. The molecule has 0 aliphatic rings. The van der Waals surface area contributed by atoms with Crippen LogP contribution in [0.2, 0.25) is 0 Å². The fourth-order valence-corrected chi connectivity index (χ4v) is 1.57. The van der Waals surface area contributed by atoms with Crippen LogP contribution in [-0.4, -0.2) is 22.2 Å². The molecule has 1 aromatic carbocycles. The summed E-state index contributed by atoms with van der Waals surface area (Å²) in [5.74, 6) is -1.65. The summed E-state index contributed by atoms with van der Waals surface area (Å²) < 4.78 is 13.3. The lowest BCUT2D eigenvalue weighted by Gasteiger charge is -2.15. The van der Waals surface area contributed by atoms with Crippen molar-refractivity contribution in [2.75, 3.05) is 0 Å². The van der Waals surface area contributed by atoms with Gasteiger partial charge in [-0.25, -0.2) is 4.39 Å². The molecule has 82 valence electrons. The summed E-state index contributed by atoms with van der Waals surface area (Å²) in [6.07, 6.45) is -3.28. The molecule has 0 fully saturated rings. The third-order valence-corrected chi connectivity index (χ3v) is 2.27. The largest absolute Gasteiger partial charge is 0.385 e. The highest BCUT2D eigenvalue weighted by Crippen LogP contribution is 2.22. The first-order chi connectivity index (χ1) is 6.91. The van der Waals surface area contributed by atoms with Gasteiger partial charge >= 0.3 is 0 Å². The first-order valence-corrected chi connectivity index (χ1v) is 4.82. The lowest BCUT2D eigenvalue weighted by molar-refractivity contribution is -0.131. The number of hydrogen-bond acceptors (Lipinski definition) is 3. The highest BCUT2D eigenvalue weighted by atomic mass is 79.9. The molecule has 0 saturated heterocycles. The average Bonchev–Trinajstić information content (AvgIpc) is 2.13. The number of halogens is 2. The van der Waals surface area contributed by atoms with Gasteiger partial charge < -0.3 is 15.9 Å². The first kappa shape index (κ1) is 12.1. The molecule has 0 saturated carbocycles. The van der Waals surface area contributed by atoms with Crippen molar-refractivity contribution in [1.29, 1.82) is 0 Å². The van der Waals surface area contributed by atoms with Gasteiger partial charge in [0, 0.05) is 4.47 Å². The van der Waals surface area contributed by atoms with E-state index in [1.54, 1.807) is 0 Å². The molecule has 4 nitrogen and oxygen atoms in total. The van der Waals surface area contributed by atoms with Gasteiger partial charge in [0.1, 0.15) is 11.9 Å². The van der Waals surface area contributed by atoms with Crippen LogP contribution in [0.15, 0.2) is 22.7 Å². The predicted octanol–water partition coefficient (Wildman–Crippen LogP) is 0.468. The van der Waals surface area contributed by atoms with Crippen molar-refractivity contribution in [3.05, 3.63) is 34.1 Å². The molecule has 1 rings (SSSR count). The maximum Gasteiger partial charge on any atom is 0.249 e. The summed E-state index contributed by atoms with van der Waals surface area (Å²) in [6.45, 7) is 0. The second-order valence-electron chi connectivity index (χ2n) is 2.99. The molecule has 1 amide bonds. The first-order valence-electron chi connectivity index (χ1n) is 4.03. The summed E-state index contributed by atoms with van der Waals surface area (Å²) >= 11 is 3.02. The Kier molecular flexibility index (Phi) is 3.78. The zero-order valence-corrected chi connectivity index (χ0v) is 9.11. The van der Waals surface area contributed by atoms with Gasteiger partial charge in [0.05, 0.1) is 0 Å². The van der Waals surface area contributed by atoms with Crippen LogP contribution in [0.1, 0.15) is 11.7 Å². The highest BCUT2D eigenvalue weighted by Gasteiger charge is 2.23. The normalized spacial score (nSPS) is 14.7. The third kappa shape index (κ3) is 2.98. The molecule has 2 unspecified atom stereocenters. The number of benzene rings is 1. The fourth-order valence-electron chi connectivity index (χ4n) is 1.08. The van der Waals surface area contributed by atoms with Crippen molar-refractivity contribution < 1.29 is 19.4 Å². The average molecular weight is 278 g/mol. The van der Waals surface area contributed by atoms with E-state index in [4.69, 9.17) is 10.8 Å². The number of amides is 1. The maximum absolute atomic E-state index is 12.9. The summed E-state index contributed by atoms with van der Waals surface area (Å²) in [5.41, 5.74) is 4.87. The summed E-state index contributed by atoms with van der Waals surface area (Å²) in [6, 6.07) is 3.59. The van der Waals surface area contributed by atoms with Crippen LogP contribution in [0.4, 0.5) is 4.39 Å². The minimum Gasteiger partial charge on any atom is -0.385 e. The molecule has 4 N–H and O–H groups in total. The molecule has 2 atom stereocenters. The van der Waals surface area contributed by atoms with Gasteiger partial charge in [-0.1, -0.05) is 15.9 Å². The molecule has 0 spiro atoms. The van der Waals surface area contributed by atoms with Gasteiger partial charge in [-0.05, 0) is 23.8 Å². The molecular weight excluding hydrogens is 269 g/mol. The number of nitrogens with two attached hydrogens (primary N) is 1. The highest BCUT2D eigenvalue weighted by molar-refractivity contribution is 9.10. The second-order valence-corrected chi connectivity index (χ2v) is 3.91. The fraction of sp³-hybridized carbons (Fsp3) is 0.222. The Morgan fingerprint density at radius 2 is 2.00 bits per heavy atom. The van der Waals surface area contributed by atoms with E-state index >= 15 is 0 Å². The van der Waals surface area contributed by atoms with Gasteiger partial charge in [0.25, 0.3) is 0 Å². The van der Waals surface area contributed by atoms with Crippen LogP contribution in [0.5, 0.6) is 0 Å². The standard InChI is InChI=1S/C9H9BrFNO3/c10-5-1-4(2-6(11)3-5)7(13)8(14)9(12)15/h1-3,7-8,13-14H,(H2,12,15). The molecule has 0 bridgehead atoms. The van der Waals surface area contributed by atoms with Crippen LogP contribution in [0, 0.1) is 5.82 Å². The molecule has 0 aromatic heterocycles. The molecule has 0 aliphatic carbocycles. The van der Waals surface area contributed by atoms with E-state index in [1.807, 2.05) is 0 Å². The molecule has 0 heterocycles. The zero-order chi connectivity index (χ0) is 11.6. The Morgan fingerprint density at radius 1 is 1.40 bits per heavy atom. The van der Waals surface area contributed by atoms with E-state index < -0.39 is 23.9 Å². The Bertz CT molecular complexity index is 365. The molecule has 15 heavy (non-hydrogen) atoms. The zero-order valence-electron chi connectivity index (χ0n) is 7.52. The number of primary amides is 1. The van der Waals surface area contributed by atoms with Crippen molar-refractivity contribution >= 4 is 21.8 Å². The van der Waals surface area contributed by atoms with E-state index in [1.165, 1.54) is 12.1 Å². The van der Waals surface area contributed by atoms with E-state index in [-0.39, 0.29) is 5.56 Å². The molecule has 0 aliphatic heterocycles. The van der Waals surface area contributed by atoms with Crippen molar-refractivity contribution in [3.63, 3.8) is 0 Å². The van der Waals surface area contributed by atoms with Crippen LogP contribution in [-0.2, 0) is 4.79 Å². The van der Waals surface area contributed by atoms with Crippen LogP contribution < -0.4 is 5.73 Å². The second kappa shape index (κ2) is 4.69. The van der Waals surface area contributed by atoms with E-state index in [0.29, 0.717) is 4.47 Å². The molecule has 6 heteroatoms. The summed E-state index contributed by atoms with van der Waals surface area (Å²) in [5, 5.41) is 18.6. The van der Waals surface area contributed by atoms with Crippen LogP contribution in [0.3, 0.4) is 0 Å².